The summed E-state index contributed by atoms with van der Waals surface area (Å²) in [5, 5.41) is 6.83. The molecule has 2 aromatic carbocycles. The van der Waals surface area contributed by atoms with Crippen LogP contribution in [0.4, 0.5) is 17.2 Å². The molecule has 35 heavy (non-hydrogen) atoms. The van der Waals surface area contributed by atoms with Gasteiger partial charge in [-0.2, -0.15) is 0 Å². The molecule has 1 aliphatic heterocycles. The second kappa shape index (κ2) is 11.3. The zero-order chi connectivity index (χ0) is 24.8. The Kier molecular flexibility index (Phi) is 7.94. The summed E-state index contributed by atoms with van der Waals surface area (Å²) in [4.78, 5) is 34.6. The maximum atomic E-state index is 12.1. The third-order valence-electron chi connectivity index (χ3n) is 5.34. The molecule has 9 nitrogen and oxygen atoms in total. The van der Waals surface area contributed by atoms with Crippen LogP contribution in [0.3, 0.4) is 0 Å². The van der Waals surface area contributed by atoms with Crippen LogP contribution < -0.4 is 15.4 Å². The van der Waals surface area contributed by atoms with E-state index in [9.17, 15) is 9.59 Å². The number of carbonyl (C=O) groups is 2. The molecule has 1 atom stereocenters. The molecule has 0 unspecified atom stereocenters. The first-order valence-electron chi connectivity index (χ1n) is 11.2. The Morgan fingerprint density at radius 1 is 1.34 bits per heavy atom. The monoisotopic (exact) mass is 539 g/mol. The molecule has 1 saturated heterocycles. The molecule has 0 spiro atoms. The van der Waals surface area contributed by atoms with Crippen LogP contribution in [0.15, 0.2) is 59.9 Å². The van der Waals surface area contributed by atoms with Gasteiger partial charge in [-0.3, -0.25) is 14.5 Å². The average Bonchev–Trinajstić information content (AvgIpc) is 2.81. The van der Waals surface area contributed by atoms with Gasteiger partial charge in [0.15, 0.2) is 0 Å². The topological polar surface area (TPSA) is 106 Å². The summed E-state index contributed by atoms with van der Waals surface area (Å²) in [5.74, 6) is 0.528. The highest BCUT2D eigenvalue weighted by atomic mass is 79.9. The third-order valence-corrected chi connectivity index (χ3v) is 5.84. The Morgan fingerprint density at radius 3 is 2.97 bits per heavy atom. The fourth-order valence-electron chi connectivity index (χ4n) is 3.84. The average molecular weight is 540 g/mol. The largest absolute Gasteiger partial charge is 0.491 e. The minimum absolute atomic E-state index is 0.113. The van der Waals surface area contributed by atoms with E-state index < -0.39 is 0 Å². The van der Waals surface area contributed by atoms with Gasteiger partial charge in [-0.15, -0.1) is 0 Å². The third kappa shape index (κ3) is 6.55. The molecule has 1 amide bonds. The van der Waals surface area contributed by atoms with Gasteiger partial charge >= 0.3 is 5.97 Å². The standard InChI is InChI=1S/C25H26BrN5O4/c1-3-23(32)30-21-11-19-20(27-15-28-25(19)29-18-7-4-6-17(26)10-18)12-22(21)34-9-5-8-31-13-16(2)35-24(33)14-31/h3-4,6-7,10-12,15-16H,1,5,8-9,13-14H2,2H3,(H,30,32)(H,27,28,29)/t16-/m0/s1. The number of nitrogens with zero attached hydrogens (tertiary/aromatic N) is 3. The van der Waals surface area contributed by atoms with Crippen molar-refractivity contribution in [2.75, 3.05) is 36.9 Å². The number of benzene rings is 2. The Balaban J connectivity index is 1.53. The van der Waals surface area contributed by atoms with Gasteiger partial charge in [-0.1, -0.05) is 28.6 Å². The number of amides is 1. The Bertz CT molecular complexity index is 1250. The zero-order valence-electron chi connectivity index (χ0n) is 19.3. The fourth-order valence-corrected chi connectivity index (χ4v) is 4.24. The smallest absolute Gasteiger partial charge is 0.320 e. The molecule has 1 fully saturated rings. The highest BCUT2D eigenvalue weighted by Crippen LogP contribution is 2.33. The molecule has 1 aromatic heterocycles. The highest BCUT2D eigenvalue weighted by Gasteiger charge is 2.23. The van der Waals surface area contributed by atoms with Gasteiger partial charge in [0.25, 0.3) is 0 Å². The number of rotatable bonds is 9. The summed E-state index contributed by atoms with van der Waals surface area (Å²) in [6.07, 6.45) is 3.27. The number of aromatic nitrogens is 2. The summed E-state index contributed by atoms with van der Waals surface area (Å²) >= 11 is 3.47. The van der Waals surface area contributed by atoms with E-state index >= 15 is 0 Å². The lowest BCUT2D eigenvalue weighted by molar-refractivity contribution is -0.157. The normalized spacial score (nSPS) is 15.9. The van der Waals surface area contributed by atoms with Crippen molar-refractivity contribution in [1.29, 1.82) is 0 Å². The predicted molar refractivity (Wildman–Crippen MR) is 138 cm³/mol. The molecule has 1 aliphatic rings. The van der Waals surface area contributed by atoms with Gasteiger partial charge in [0.05, 0.1) is 24.4 Å². The summed E-state index contributed by atoms with van der Waals surface area (Å²) in [7, 11) is 0. The number of halogens is 1. The molecule has 0 bridgehead atoms. The molecule has 0 radical (unpaired) electrons. The van der Waals surface area contributed by atoms with E-state index in [1.165, 1.54) is 12.4 Å². The Morgan fingerprint density at radius 2 is 2.20 bits per heavy atom. The van der Waals surface area contributed by atoms with Gasteiger partial charge < -0.3 is 20.1 Å². The number of hydrogen-bond acceptors (Lipinski definition) is 8. The first-order valence-corrected chi connectivity index (χ1v) is 12.0. The Hall–Kier alpha value is -3.50. The molecular formula is C25H26BrN5O4. The molecule has 0 aliphatic carbocycles. The number of ether oxygens (including phenoxy) is 2. The van der Waals surface area contributed by atoms with E-state index in [4.69, 9.17) is 9.47 Å². The molecule has 10 heteroatoms. The van der Waals surface area contributed by atoms with Crippen LogP contribution in [-0.4, -0.2) is 59.1 Å². The number of carbonyl (C=O) groups excluding carboxylic acids is 2. The van der Waals surface area contributed by atoms with Crippen molar-refractivity contribution in [2.24, 2.45) is 0 Å². The molecule has 4 rings (SSSR count). The number of morpholine rings is 1. The summed E-state index contributed by atoms with van der Waals surface area (Å²) in [6.45, 7) is 7.50. The van der Waals surface area contributed by atoms with Crippen molar-refractivity contribution < 1.29 is 19.1 Å². The van der Waals surface area contributed by atoms with Crippen LogP contribution >= 0.6 is 15.9 Å². The van der Waals surface area contributed by atoms with Crippen molar-refractivity contribution in [2.45, 2.75) is 19.4 Å². The first kappa shape index (κ1) is 24.6. The van der Waals surface area contributed by atoms with Gasteiger partial charge in [-0.25, -0.2) is 9.97 Å². The lowest BCUT2D eigenvalue weighted by Gasteiger charge is -2.30. The quantitative estimate of drug-likeness (QED) is 0.236. The highest BCUT2D eigenvalue weighted by molar-refractivity contribution is 9.10. The van der Waals surface area contributed by atoms with Gasteiger partial charge in [0.1, 0.15) is 24.0 Å². The van der Waals surface area contributed by atoms with Crippen molar-refractivity contribution >= 4 is 55.9 Å². The van der Waals surface area contributed by atoms with E-state index in [2.05, 4.69) is 43.1 Å². The first-order chi connectivity index (χ1) is 16.9. The number of hydrogen-bond donors (Lipinski definition) is 2. The van der Waals surface area contributed by atoms with E-state index in [-0.39, 0.29) is 24.5 Å². The van der Waals surface area contributed by atoms with Crippen molar-refractivity contribution in [1.82, 2.24) is 14.9 Å². The van der Waals surface area contributed by atoms with Crippen LogP contribution in [0, 0.1) is 0 Å². The molecular weight excluding hydrogens is 514 g/mol. The molecule has 2 N–H and O–H groups in total. The zero-order valence-corrected chi connectivity index (χ0v) is 20.9. The van der Waals surface area contributed by atoms with Gasteiger partial charge in [-0.05, 0) is 43.7 Å². The van der Waals surface area contributed by atoms with Crippen LogP contribution in [0.5, 0.6) is 5.75 Å². The SMILES string of the molecule is C=CC(=O)Nc1cc2c(Nc3cccc(Br)c3)ncnc2cc1OCCCN1CC(=O)O[C@@H](C)C1. The van der Waals surface area contributed by atoms with Crippen LogP contribution in [-0.2, 0) is 14.3 Å². The Labute approximate surface area is 211 Å². The summed E-state index contributed by atoms with van der Waals surface area (Å²) in [5.41, 5.74) is 2.01. The number of anilines is 3. The maximum Gasteiger partial charge on any atom is 0.320 e. The van der Waals surface area contributed by atoms with Crippen LogP contribution in [0.1, 0.15) is 13.3 Å². The lowest BCUT2D eigenvalue weighted by atomic mass is 10.1. The number of nitrogens with one attached hydrogen (secondary N) is 2. The summed E-state index contributed by atoms with van der Waals surface area (Å²) in [6, 6.07) is 11.3. The second-order valence-corrected chi connectivity index (χ2v) is 9.07. The van der Waals surface area contributed by atoms with Crippen LogP contribution in [0.25, 0.3) is 10.9 Å². The van der Waals surface area contributed by atoms with Crippen molar-refractivity contribution in [3.8, 4) is 5.75 Å². The van der Waals surface area contributed by atoms with Crippen molar-refractivity contribution in [3.05, 3.63) is 59.9 Å². The second-order valence-electron chi connectivity index (χ2n) is 8.15. The molecule has 0 saturated carbocycles. The van der Waals surface area contributed by atoms with E-state index in [0.29, 0.717) is 48.9 Å². The van der Waals surface area contributed by atoms with Gasteiger partial charge in [0, 0.05) is 34.7 Å². The van der Waals surface area contributed by atoms with Gasteiger partial charge in [0.2, 0.25) is 5.91 Å². The number of esters is 1. The van der Waals surface area contributed by atoms with E-state index in [1.807, 2.05) is 36.1 Å². The fraction of sp³-hybridized carbons (Fsp3) is 0.280. The predicted octanol–water partition coefficient (Wildman–Crippen LogP) is 4.28. The maximum absolute atomic E-state index is 12.1. The summed E-state index contributed by atoms with van der Waals surface area (Å²) < 4.78 is 12.1. The molecule has 182 valence electrons. The number of cyclic esters (lactones) is 1. The lowest BCUT2D eigenvalue weighted by Crippen LogP contribution is -2.44. The minimum atomic E-state index is -0.353. The minimum Gasteiger partial charge on any atom is -0.491 e. The van der Waals surface area contributed by atoms with Crippen LogP contribution in [0.2, 0.25) is 0 Å². The van der Waals surface area contributed by atoms with E-state index in [0.717, 1.165) is 15.5 Å². The van der Waals surface area contributed by atoms with Crippen molar-refractivity contribution in [3.63, 3.8) is 0 Å². The molecule has 2 heterocycles. The number of fused-ring (bicyclic) bond motifs is 1. The molecule has 3 aromatic rings. The van der Waals surface area contributed by atoms with E-state index in [1.54, 1.807) is 12.1 Å².